The molecule has 1 fully saturated rings. The summed E-state index contributed by atoms with van der Waals surface area (Å²) in [4.78, 5) is 8.81. The van der Waals surface area contributed by atoms with Crippen LogP contribution >= 0.6 is 0 Å². The highest BCUT2D eigenvalue weighted by atomic mass is 16.5. The minimum absolute atomic E-state index is 0.480. The number of aliphatic imine (C=N–C) groups is 1. The maximum absolute atomic E-state index is 5.42. The lowest BCUT2D eigenvalue weighted by Crippen LogP contribution is -2.41. The Kier molecular flexibility index (Phi) is 5.84. The number of guanidine groups is 1. The Bertz CT molecular complexity index is 631. The van der Waals surface area contributed by atoms with Crippen molar-refractivity contribution in [3.8, 4) is 0 Å². The molecule has 0 bridgehead atoms. The molecule has 3 heterocycles. The van der Waals surface area contributed by atoms with E-state index in [-0.39, 0.29) is 0 Å². The largest absolute Gasteiger partial charge is 0.469 e. The molecule has 2 N–H and O–H groups in total. The van der Waals surface area contributed by atoms with Crippen LogP contribution in [0, 0.1) is 5.92 Å². The first-order chi connectivity index (χ1) is 11.8. The molecule has 1 aliphatic heterocycles. The Morgan fingerprint density at radius 3 is 3.12 bits per heavy atom. The topological polar surface area (TPSA) is 89.5 Å². The van der Waals surface area contributed by atoms with Gasteiger partial charge in [0.05, 0.1) is 12.9 Å². The molecule has 0 radical (unpaired) electrons. The van der Waals surface area contributed by atoms with Crippen molar-refractivity contribution < 1.29 is 9.15 Å². The Morgan fingerprint density at radius 1 is 1.46 bits per heavy atom. The van der Waals surface area contributed by atoms with Crippen molar-refractivity contribution in [3.05, 3.63) is 36.3 Å². The van der Waals surface area contributed by atoms with Crippen molar-refractivity contribution in [2.45, 2.75) is 19.4 Å². The molecule has 24 heavy (non-hydrogen) atoms. The van der Waals surface area contributed by atoms with Crippen LogP contribution in [0.4, 0.5) is 0 Å². The van der Waals surface area contributed by atoms with Crippen LogP contribution in [-0.4, -0.2) is 47.0 Å². The molecule has 8 heteroatoms. The molecule has 130 valence electrons. The van der Waals surface area contributed by atoms with E-state index in [1.807, 2.05) is 19.2 Å². The van der Waals surface area contributed by atoms with Gasteiger partial charge in [-0.15, -0.1) is 0 Å². The fraction of sp³-hybridized carbons (Fsp3) is 0.562. The maximum Gasteiger partial charge on any atom is 0.191 e. The van der Waals surface area contributed by atoms with E-state index in [0.717, 1.165) is 56.7 Å². The Hall–Kier alpha value is -2.35. The molecule has 1 aliphatic rings. The van der Waals surface area contributed by atoms with Crippen LogP contribution in [0.3, 0.4) is 0 Å². The summed E-state index contributed by atoms with van der Waals surface area (Å²) in [5.41, 5.74) is 0. The second kappa shape index (κ2) is 8.49. The number of hydrogen-bond donors (Lipinski definition) is 2. The highest BCUT2D eigenvalue weighted by Gasteiger charge is 2.15. The van der Waals surface area contributed by atoms with Crippen molar-refractivity contribution in [2.24, 2.45) is 18.0 Å². The van der Waals surface area contributed by atoms with Crippen molar-refractivity contribution in [2.75, 3.05) is 26.3 Å². The average Bonchev–Trinajstić information content (AvgIpc) is 3.33. The lowest BCUT2D eigenvalue weighted by Gasteiger charge is -2.14. The molecule has 0 saturated carbocycles. The highest BCUT2D eigenvalue weighted by molar-refractivity contribution is 5.79. The van der Waals surface area contributed by atoms with E-state index in [1.54, 1.807) is 10.9 Å². The van der Waals surface area contributed by atoms with Crippen LogP contribution in [-0.2, 0) is 24.8 Å². The van der Waals surface area contributed by atoms with Gasteiger partial charge >= 0.3 is 0 Å². The predicted molar refractivity (Wildman–Crippen MR) is 89.5 cm³/mol. The van der Waals surface area contributed by atoms with Crippen molar-refractivity contribution in [1.82, 2.24) is 25.4 Å². The van der Waals surface area contributed by atoms with E-state index in [1.165, 1.54) is 6.33 Å². The first-order valence-corrected chi connectivity index (χ1v) is 8.26. The summed E-state index contributed by atoms with van der Waals surface area (Å²) in [6.07, 6.45) is 5.13. The molecule has 0 aromatic carbocycles. The predicted octanol–water partition coefficient (Wildman–Crippen LogP) is 0.722. The van der Waals surface area contributed by atoms with Crippen LogP contribution in [0.15, 0.2) is 34.1 Å². The zero-order valence-corrected chi connectivity index (χ0v) is 13.9. The minimum Gasteiger partial charge on any atom is -0.469 e. The van der Waals surface area contributed by atoms with Gasteiger partial charge in [-0.1, -0.05) is 0 Å². The van der Waals surface area contributed by atoms with Gasteiger partial charge in [0, 0.05) is 39.1 Å². The molecule has 0 amide bonds. The van der Waals surface area contributed by atoms with Crippen LogP contribution < -0.4 is 10.6 Å². The number of rotatable bonds is 7. The fourth-order valence-electron chi connectivity index (χ4n) is 2.53. The third-order valence-corrected chi connectivity index (χ3v) is 4.01. The zero-order valence-electron chi connectivity index (χ0n) is 13.9. The highest BCUT2D eigenvalue weighted by Crippen LogP contribution is 2.10. The molecular formula is C16H24N6O2. The minimum atomic E-state index is 0.480. The smallest absolute Gasteiger partial charge is 0.191 e. The molecule has 8 nitrogen and oxygen atoms in total. The van der Waals surface area contributed by atoms with Crippen LogP contribution in [0.25, 0.3) is 0 Å². The van der Waals surface area contributed by atoms with Gasteiger partial charge in [0.2, 0.25) is 0 Å². The summed E-state index contributed by atoms with van der Waals surface area (Å²) in [5.74, 6) is 3.10. The second-order valence-corrected chi connectivity index (χ2v) is 5.83. The molecule has 1 saturated heterocycles. The molecule has 3 rings (SSSR count). The van der Waals surface area contributed by atoms with Crippen LogP contribution in [0.2, 0.25) is 0 Å². The zero-order chi connectivity index (χ0) is 16.6. The first kappa shape index (κ1) is 16.5. The Labute approximate surface area is 141 Å². The van der Waals surface area contributed by atoms with Gasteiger partial charge in [0.15, 0.2) is 5.96 Å². The van der Waals surface area contributed by atoms with Gasteiger partial charge in [-0.3, -0.25) is 4.68 Å². The number of aryl methyl sites for hydroxylation is 1. The molecule has 0 aliphatic carbocycles. The number of nitrogens with zero attached hydrogens (tertiary/aromatic N) is 4. The second-order valence-electron chi connectivity index (χ2n) is 5.83. The summed E-state index contributed by atoms with van der Waals surface area (Å²) in [6.45, 7) is 3.75. The van der Waals surface area contributed by atoms with E-state index in [2.05, 4.69) is 25.7 Å². The molecule has 1 atom stereocenters. The van der Waals surface area contributed by atoms with Crippen molar-refractivity contribution in [3.63, 3.8) is 0 Å². The molecule has 0 spiro atoms. The van der Waals surface area contributed by atoms with E-state index in [0.29, 0.717) is 12.5 Å². The van der Waals surface area contributed by atoms with Crippen molar-refractivity contribution >= 4 is 5.96 Å². The Balaban J connectivity index is 1.53. The number of nitrogens with one attached hydrogen (secondary N) is 2. The third kappa shape index (κ3) is 4.82. The van der Waals surface area contributed by atoms with E-state index in [9.17, 15) is 0 Å². The quantitative estimate of drug-likeness (QED) is 0.574. The summed E-state index contributed by atoms with van der Waals surface area (Å²) >= 11 is 0. The summed E-state index contributed by atoms with van der Waals surface area (Å²) < 4.78 is 12.5. The number of aromatic nitrogens is 3. The van der Waals surface area contributed by atoms with Gasteiger partial charge in [-0.05, 0) is 18.6 Å². The van der Waals surface area contributed by atoms with Crippen LogP contribution in [0.1, 0.15) is 18.0 Å². The normalized spacial score (nSPS) is 18.0. The summed E-state index contributed by atoms with van der Waals surface area (Å²) in [7, 11) is 1.87. The molecule has 1 unspecified atom stereocenters. The molecule has 2 aromatic rings. The van der Waals surface area contributed by atoms with E-state index < -0.39 is 0 Å². The van der Waals surface area contributed by atoms with Gasteiger partial charge in [0.25, 0.3) is 0 Å². The summed E-state index contributed by atoms with van der Waals surface area (Å²) in [6, 6.07) is 3.87. The SMILES string of the molecule is Cn1ncnc1CN=C(NCCc1ccco1)NCC1CCOC1. The number of hydrogen-bond acceptors (Lipinski definition) is 5. The third-order valence-electron chi connectivity index (χ3n) is 4.01. The van der Waals surface area contributed by atoms with Crippen molar-refractivity contribution in [1.29, 1.82) is 0 Å². The summed E-state index contributed by atoms with van der Waals surface area (Å²) in [5, 5.41) is 10.8. The lowest BCUT2D eigenvalue weighted by atomic mass is 10.1. The standard InChI is InChI=1S/C16H24N6O2/c1-22-15(20-12-21-22)10-19-16(18-9-13-5-8-23-11-13)17-6-4-14-3-2-7-24-14/h2-3,7,12-13H,4-6,8-11H2,1H3,(H2,17,18,19). The Morgan fingerprint density at radius 2 is 2.42 bits per heavy atom. The fourth-order valence-corrected chi connectivity index (χ4v) is 2.53. The van der Waals surface area contributed by atoms with Crippen LogP contribution in [0.5, 0.6) is 0 Å². The van der Waals surface area contributed by atoms with Gasteiger partial charge in [0.1, 0.15) is 24.5 Å². The lowest BCUT2D eigenvalue weighted by molar-refractivity contribution is 0.186. The monoisotopic (exact) mass is 332 g/mol. The maximum atomic E-state index is 5.42. The first-order valence-electron chi connectivity index (χ1n) is 8.26. The number of furan rings is 1. The van der Waals surface area contributed by atoms with E-state index >= 15 is 0 Å². The molecule has 2 aromatic heterocycles. The van der Waals surface area contributed by atoms with Gasteiger partial charge in [-0.25, -0.2) is 9.98 Å². The average molecular weight is 332 g/mol. The van der Waals surface area contributed by atoms with E-state index in [4.69, 9.17) is 9.15 Å². The molecular weight excluding hydrogens is 308 g/mol. The van der Waals surface area contributed by atoms with Gasteiger partial charge in [-0.2, -0.15) is 5.10 Å². The van der Waals surface area contributed by atoms with Gasteiger partial charge < -0.3 is 19.8 Å². The number of ether oxygens (including phenoxy) is 1.